The monoisotopic (exact) mass is 101 g/mol. The topological polar surface area (TPSA) is 0 Å². The van der Waals surface area contributed by atoms with E-state index < -0.39 is 6.17 Å². The predicted octanol–water partition coefficient (Wildman–Crippen LogP) is 2.11. The summed E-state index contributed by atoms with van der Waals surface area (Å²) in [7, 11) is 0. The lowest BCUT2D eigenvalue weighted by atomic mass is 10.2. The van der Waals surface area contributed by atoms with Gasteiger partial charge in [0, 0.05) is 0 Å². The first kappa shape index (κ1) is 6.67. The number of halogens is 1. The first-order valence-corrected chi connectivity index (χ1v) is 2.48. The zero-order valence-corrected chi connectivity index (χ0v) is 4.52. The summed E-state index contributed by atoms with van der Waals surface area (Å²) in [6.45, 7) is 6.74. The number of hydrogen-bond acceptors (Lipinski definition) is 0. The van der Waals surface area contributed by atoms with Crippen molar-refractivity contribution in [1.82, 2.24) is 0 Å². The molecular formula is C6H10F. The fourth-order valence-electron chi connectivity index (χ4n) is 0.314. The number of hydrogen-bond donors (Lipinski definition) is 0. The Labute approximate surface area is 44.0 Å². The van der Waals surface area contributed by atoms with E-state index in [1.807, 2.05) is 0 Å². The molecule has 0 amide bonds. The van der Waals surface area contributed by atoms with Crippen molar-refractivity contribution >= 4 is 0 Å². The molecule has 0 aliphatic heterocycles. The van der Waals surface area contributed by atoms with E-state index in [0.717, 1.165) is 0 Å². The quantitative estimate of drug-likeness (QED) is 0.510. The zero-order chi connectivity index (χ0) is 5.70. The first-order valence-electron chi connectivity index (χ1n) is 2.48. The standard InChI is InChI=1S/C6H10F/c1-3-5-6(7)4-2/h1,3,6H,4-5H2,2H3. The highest BCUT2D eigenvalue weighted by Gasteiger charge is 1.95. The maximum Gasteiger partial charge on any atom is 0.103 e. The van der Waals surface area contributed by atoms with E-state index in [2.05, 4.69) is 0 Å². The summed E-state index contributed by atoms with van der Waals surface area (Å²) in [6.07, 6.45) is 1.57. The highest BCUT2D eigenvalue weighted by Crippen LogP contribution is 2.00. The minimum Gasteiger partial charge on any atom is -0.247 e. The fraction of sp³-hybridized carbons (Fsp3) is 0.667. The van der Waals surface area contributed by atoms with Gasteiger partial charge in [0.15, 0.2) is 0 Å². The Bertz CT molecular complexity index is 50.1. The van der Waals surface area contributed by atoms with Crippen LogP contribution in [-0.2, 0) is 0 Å². The van der Waals surface area contributed by atoms with Crippen LogP contribution in [0.5, 0.6) is 0 Å². The molecule has 1 radical (unpaired) electrons. The largest absolute Gasteiger partial charge is 0.247 e. The van der Waals surface area contributed by atoms with E-state index in [0.29, 0.717) is 12.8 Å². The van der Waals surface area contributed by atoms with E-state index in [9.17, 15) is 4.39 Å². The second kappa shape index (κ2) is 3.85. The molecule has 1 atom stereocenters. The molecule has 0 aromatic heterocycles. The van der Waals surface area contributed by atoms with Crippen molar-refractivity contribution in [2.24, 2.45) is 0 Å². The van der Waals surface area contributed by atoms with Gasteiger partial charge >= 0.3 is 0 Å². The highest BCUT2D eigenvalue weighted by atomic mass is 19.1. The van der Waals surface area contributed by atoms with Crippen LogP contribution in [0.25, 0.3) is 0 Å². The van der Waals surface area contributed by atoms with Gasteiger partial charge < -0.3 is 0 Å². The minimum atomic E-state index is -0.731. The zero-order valence-electron chi connectivity index (χ0n) is 4.52. The molecule has 0 heterocycles. The van der Waals surface area contributed by atoms with Gasteiger partial charge in [-0.15, -0.1) is 0 Å². The van der Waals surface area contributed by atoms with Crippen molar-refractivity contribution in [3.8, 4) is 0 Å². The van der Waals surface area contributed by atoms with Crippen LogP contribution in [0.4, 0.5) is 4.39 Å². The van der Waals surface area contributed by atoms with Crippen LogP contribution >= 0.6 is 0 Å². The summed E-state index contributed by atoms with van der Waals surface area (Å²) >= 11 is 0. The van der Waals surface area contributed by atoms with E-state index in [4.69, 9.17) is 6.58 Å². The van der Waals surface area contributed by atoms with Gasteiger partial charge in [0.05, 0.1) is 0 Å². The first-order chi connectivity index (χ1) is 3.31. The van der Waals surface area contributed by atoms with Crippen LogP contribution in [0, 0.1) is 6.58 Å². The summed E-state index contributed by atoms with van der Waals surface area (Å²) in [5.41, 5.74) is 0. The van der Waals surface area contributed by atoms with Crippen molar-refractivity contribution in [3.63, 3.8) is 0 Å². The maximum atomic E-state index is 12.0. The van der Waals surface area contributed by atoms with E-state index in [1.165, 1.54) is 6.08 Å². The van der Waals surface area contributed by atoms with Gasteiger partial charge in [-0.3, -0.25) is 0 Å². The van der Waals surface area contributed by atoms with E-state index in [1.54, 1.807) is 6.92 Å². The molecule has 0 N–H and O–H groups in total. The van der Waals surface area contributed by atoms with Gasteiger partial charge in [0.25, 0.3) is 0 Å². The number of allylic oxidation sites excluding steroid dienone is 1. The second-order valence-corrected chi connectivity index (χ2v) is 1.48. The van der Waals surface area contributed by atoms with E-state index >= 15 is 0 Å². The molecule has 1 heteroatoms. The SMILES string of the molecule is [CH]=CCC(F)CC. The Balaban J connectivity index is 2.98. The Hall–Kier alpha value is -0.330. The number of alkyl halides is 1. The van der Waals surface area contributed by atoms with Crippen molar-refractivity contribution in [3.05, 3.63) is 12.7 Å². The van der Waals surface area contributed by atoms with Gasteiger partial charge in [-0.2, -0.15) is 0 Å². The molecule has 7 heavy (non-hydrogen) atoms. The molecule has 0 bridgehead atoms. The fourth-order valence-corrected chi connectivity index (χ4v) is 0.314. The molecule has 1 unspecified atom stereocenters. The van der Waals surface area contributed by atoms with Gasteiger partial charge in [-0.1, -0.05) is 19.6 Å². The van der Waals surface area contributed by atoms with Gasteiger partial charge in [-0.05, 0) is 12.8 Å². The molecule has 0 nitrogen and oxygen atoms in total. The molecular weight excluding hydrogens is 91.1 g/mol. The second-order valence-electron chi connectivity index (χ2n) is 1.48. The third-order valence-corrected chi connectivity index (χ3v) is 0.835. The lowest BCUT2D eigenvalue weighted by Gasteiger charge is -1.95. The molecule has 0 rings (SSSR count). The predicted molar refractivity (Wildman–Crippen MR) is 28.7 cm³/mol. The van der Waals surface area contributed by atoms with Crippen LogP contribution < -0.4 is 0 Å². The maximum absolute atomic E-state index is 12.0. The normalized spacial score (nSPS) is 13.4. The molecule has 0 spiro atoms. The van der Waals surface area contributed by atoms with Crippen LogP contribution in [0.1, 0.15) is 19.8 Å². The Morgan fingerprint density at radius 1 is 1.86 bits per heavy atom. The summed E-state index contributed by atoms with van der Waals surface area (Å²) in [4.78, 5) is 0. The van der Waals surface area contributed by atoms with Gasteiger partial charge in [-0.25, -0.2) is 4.39 Å². The van der Waals surface area contributed by atoms with Crippen LogP contribution in [-0.4, -0.2) is 6.17 Å². The Morgan fingerprint density at radius 2 is 2.43 bits per heavy atom. The Morgan fingerprint density at radius 3 is 2.57 bits per heavy atom. The summed E-state index contributed by atoms with van der Waals surface area (Å²) in [6, 6.07) is 0. The molecule has 0 aliphatic rings. The molecule has 0 saturated carbocycles. The van der Waals surface area contributed by atoms with Gasteiger partial charge in [0.1, 0.15) is 6.17 Å². The lowest BCUT2D eigenvalue weighted by Crippen LogP contribution is -1.92. The molecule has 0 aromatic rings. The molecule has 0 saturated heterocycles. The summed E-state index contributed by atoms with van der Waals surface area (Å²) in [5.74, 6) is 0. The van der Waals surface area contributed by atoms with Gasteiger partial charge in [0.2, 0.25) is 0 Å². The average molecular weight is 101 g/mol. The Kier molecular flexibility index (Phi) is 3.67. The minimum absolute atomic E-state index is 0.385. The smallest absolute Gasteiger partial charge is 0.103 e. The van der Waals surface area contributed by atoms with Crippen LogP contribution in [0.2, 0.25) is 0 Å². The van der Waals surface area contributed by atoms with Crippen molar-refractivity contribution in [1.29, 1.82) is 0 Å². The highest BCUT2D eigenvalue weighted by molar-refractivity contribution is 4.67. The van der Waals surface area contributed by atoms with Crippen molar-refractivity contribution in [2.75, 3.05) is 0 Å². The molecule has 41 valence electrons. The third kappa shape index (κ3) is 3.50. The third-order valence-electron chi connectivity index (χ3n) is 0.835. The van der Waals surface area contributed by atoms with E-state index in [-0.39, 0.29) is 0 Å². The number of rotatable bonds is 3. The lowest BCUT2D eigenvalue weighted by molar-refractivity contribution is 0.328. The summed E-state index contributed by atoms with van der Waals surface area (Å²) in [5, 5.41) is 0. The van der Waals surface area contributed by atoms with Crippen molar-refractivity contribution in [2.45, 2.75) is 25.9 Å². The average Bonchev–Trinajstić information content (AvgIpc) is 1.68. The van der Waals surface area contributed by atoms with Crippen LogP contribution in [0.15, 0.2) is 6.08 Å². The summed E-state index contributed by atoms with van der Waals surface area (Å²) < 4.78 is 12.0. The molecule has 0 aromatic carbocycles. The molecule has 0 fully saturated rings. The molecule has 0 aliphatic carbocycles. The van der Waals surface area contributed by atoms with Crippen LogP contribution in [0.3, 0.4) is 0 Å². The van der Waals surface area contributed by atoms with Crippen molar-refractivity contribution < 1.29 is 4.39 Å².